The summed E-state index contributed by atoms with van der Waals surface area (Å²) in [5.74, 6) is -1.31. The Balaban J connectivity index is 1.79. The van der Waals surface area contributed by atoms with Gasteiger partial charge in [-0.05, 0) is 19.1 Å². The average Bonchev–Trinajstić information content (AvgIpc) is 2.72. The Labute approximate surface area is 119 Å². The van der Waals surface area contributed by atoms with Gasteiger partial charge in [0.2, 0.25) is 15.9 Å². The monoisotopic (exact) mass is 315 g/mol. The molecule has 0 atom stereocenters. The molecule has 0 amide bonds. The molecule has 2 aromatic rings. The van der Waals surface area contributed by atoms with E-state index in [-0.39, 0.29) is 19.0 Å². The summed E-state index contributed by atoms with van der Waals surface area (Å²) in [6.45, 7) is 1.91. The smallest absolute Gasteiger partial charge is 0.246 e. The molecule has 0 N–H and O–H groups in total. The Hall–Kier alpha value is -1.87. The lowest BCUT2D eigenvalue weighted by Crippen LogP contribution is -2.48. The fraction of sp³-hybridized carbons (Fsp3) is 0.333. The topological polar surface area (TPSA) is 76.3 Å². The Kier molecular flexibility index (Phi) is 3.25. The SMILES string of the molecule is Cc1noc(C2CN(S(=O)(=O)c3ccc(F)cc3F)C2)n1. The molecule has 1 aliphatic heterocycles. The van der Waals surface area contributed by atoms with Crippen LogP contribution in [-0.2, 0) is 10.0 Å². The van der Waals surface area contributed by atoms with Gasteiger partial charge in [-0.25, -0.2) is 17.2 Å². The number of halogens is 2. The number of aromatic nitrogens is 2. The molecule has 3 rings (SSSR count). The van der Waals surface area contributed by atoms with Gasteiger partial charge in [-0.15, -0.1) is 0 Å². The van der Waals surface area contributed by atoms with Crippen molar-refractivity contribution >= 4 is 10.0 Å². The maximum absolute atomic E-state index is 13.6. The Bertz CT molecular complexity index is 785. The van der Waals surface area contributed by atoms with Crippen molar-refractivity contribution < 1.29 is 21.7 Å². The first-order chi connectivity index (χ1) is 9.88. The first-order valence-electron chi connectivity index (χ1n) is 6.13. The van der Waals surface area contributed by atoms with Crippen molar-refractivity contribution in [2.45, 2.75) is 17.7 Å². The highest BCUT2D eigenvalue weighted by atomic mass is 32.2. The predicted molar refractivity (Wildman–Crippen MR) is 66.9 cm³/mol. The highest BCUT2D eigenvalue weighted by molar-refractivity contribution is 7.89. The molecule has 2 heterocycles. The third kappa shape index (κ3) is 2.42. The Morgan fingerprint density at radius 2 is 2.05 bits per heavy atom. The second-order valence-corrected chi connectivity index (χ2v) is 6.68. The predicted octanol–water partition coefficient (Wildman–Crippen LogP) is 1.44. The first-order valence-corrected chi connectivity index (χ1v) is 7.57. The summed E-state index contributed by atoms with van der Waals surface area (Å²) in [5.41, 5.74) is 0. The van der Waals surface area contributed by atoms with Gasteiger partial charge in [0.25, 0.3) is 0 Å². The van der Waals surface area contributed by atoms with Crippen LogP contribution in [0, 0.1) is 18.6 Å². The van der Waals surface area contributed by atoms with E-state index in [9.17, 15) is 17.2 Å². The molecule has 1 saturated heterocycles. The van der Waals surface area contributed by atoms with Gasteiger partial charge in [0, 0.05) is 19.2 Å². The van der Waals surface area contributed by atoms with E-state index in [0.29, 0.717) is 17.8 Å². The lowest BCUT2D eigenvalue weighted by atomic mass is 10.0. The van der Waals surface area contributed by atoms with Crippen molar-refractivity contribution in [3.63, 3.8) is 0 Å². The number of hydrogen-bond acceptors (Lipinski definition) is 5. The molecule has 9 heteroatoms. The molecule has 6 nitrogen and oxygen atoms in total. The lowest BCUT2D eigenvalue weighted by Gasteiger charge is -2.35. The average molecular weight is 315 g/mol. The summed E-state index contributed by atoms with van der Waals surface area (Å²) in [6, 6.07) is 2.38. The van der Waals surface area contributed by atoms with Crippen LogP contribution >= 0.6 is 0 Å². The van der Waals surface area contributed by atoms with Crippen LogP contribution in [0.15, 0.2) is 27.6 Å². The van der Waals surface area contributed by atoms with Gasteiger partial charge in [-0.1, -0.05) is 5.16 Å². The number of aryl methyl sites for hydroxylation is 1. The molecular formula is C12H11F2N3O3S. The van der Waals surface area contributed by atoms with Gasteiger partial charge < -0.3 is 4.52 Å². The molecule has 0 unspecified atom stereocenters. The lowest BCUT2D eigenvalue weighted by molar-refractivity contribution is 0.216. The normalized spacial score (nSPS) is 16.9. The first kappa shape index (κ1) is 14.1. The van der Waals surface area contributed by atoms with Gasteiger partial charge in [0.1, 0.15) is 16.5 Å². The van der Waals surface area contributed by atoms with Gasteiger partial charge in [0.15, 0.2) is 5.82 Å². The zero-order valence-electron chi connectivity index (χ0n) is 11.0. The Morgan fingerprint density at radius 1 is 1.33 bits per heavy atom. The van der Waals surface area contributed by atoms with Crippen LogP contribution in [0.25, 0.3) is 0 Å². The van der Waals surface area contributed by atoms with E-state index in [1.165, 1.54) is 0 Å². The minimum atomic E-state index is -3.98. The summed E-state index contributed by atoms with van der Waals surface area (Å²) in [7, 11) is -3.98. The summed E-state index contributed by atoms with van der Waals surface area (Å²) in [6.07, 6.45) is 0. The third-order valence-electron chi connectivity index (χ3n) is 3.25. The minimum absolute atomic E-state index is 0.126. The van der Waals surface area contributed by atoms with Crippen molar-refractivity contribution in [1.82, 2.24) is 14.4 Å². The number of sulfonamides is 1. The van der Waals surface area contributed by atoms with Crippen LogP contribution < -0.4 is 0 Å². The summed E-state index contributed by atoms with van der Waals surface area (Å²) >= 11 is 0. The molecular weight excluding hydrogens is 304 g/mol. The zero-order valence-corrected chi connectivity index (χ0v) is 11.8. The molecule has 0 spiro atoms. The van der Waals surface area contributed by atoms with Crippen LogP contribution in [-0.4, -0.2) is 36.0 Å². The molecule has 0 saturated carbocycles. The largest absolute Gasteiger partial charge is 0.339 e. The zero-order chi connectivity index (χ0) is 15.2. The summed E-state index contributed by atoms with van der Waals surface area (Å²) in [4.78, 5) is 3.49. The molecule has 0 bridgehead atoms. The van der Waals surface area contributed by atoms with Crippen LogP contribution in [0.4, 0.5) is 8.78 Å². The maximum Gasteiger partial charge on any atom is 0.246 e. The van der Waals surface area contributed by atoms with Gasteiger partial charge in [-0.2, -0.15) is 9.29 Å². The van der Waals surface area contributed by atoms with Gasteiger partial charge in [0.05, 0.1) is 5.92 Å². The number of hydrogen-bond donors (Lipinski definition) is 0. The second-order valence-electron chi connectivity index (χ2n) is 4.77. The van der Waals surface area contributed by atoms with E-state index in [0.717, 1.165) is 16.4 Å². The van der Waals surface area contributed by atoms with E-state index in [1.807, 2.05) is 0 Å². The molecule has 0 radical (unpaired) electrons. The Morgan fingerprint density at radius 3 is 2.62 bits per heavy atom. The molecule has 1 aliphatic rings. The molecule has 1 fully saturated rings. The van der Waals surface area contributed by atoms with E-state index < -0.39 is 26.6 Å². The summed E-state index contributed by atoms with van der Waals surface area (Å²) in [5, 5.41) is 3.63. The number of rotatable bonds is 3. The highest BCUT2D eigenvalue weighted by Crippen LogP contribution is 2.32. The van der Waals surface area contributed by atoms with E-state index in [4.69, 9.17) is 4.52 Å². The fourth-order valence-corrected chi connectivity index (χ4v) is 3.67. The van der Waals surface area contributed by atoms with Gasteiger partial charge >= 0.3 is 0 Å². The molecule has 1 aromatic heterocycles. The van der Waals surface area contributed by atoms with Crippen LogP contribution in [0.1, 0.15) is 17.6 Å². The van der Waals surface area contributed by atoms with E-state index in [1.54, 1.807) is 6.92 Å². The number of nitrogens with zero attached hydrogens (tertiary/aromatic N) is 3. The summed E-state index contributed by atoms with van der Waals surface area (Å²) < 4.78 is 57.0. The highest BCUT2D eigenvalue weighted by Gasteiger charge is 2.41. The molecule has 0 aliphatic carbocycles. The van der Waals surface area contributed by atoms with Gasteiger partial charge in [-0.3, -0.25) is 0 Å². The quantitative estimate of drug-likeness (QED) is 0.857. The molecule has 21 heavy (non-hydrogen) atoms. The van der Waals surface area contributed by atoms with Crippen LogP contribution in [0.3, 0.4) is 0 Å². The fourth-order valence-electron chi connectivity index (χ4n) is 2.09. The number of benzene rings is 1. The standard InChI is InChI=1S/C12H11F2N3O3S/c1-7-15-12(20-16-7)8-5-17(6-8)21(18,19)11-3-2-9(13)4-10(11)14/h2-4,8H,5-6H2,1H3. The van der Waals surface area contributed by atoms with Crippen molar-refractivity contribution in [2.24, 2.45) is 0 Å². The van der Waals surface area contributed by atoms with Crippen molar-refractivity contribution in [3.8, 4) is 0 Å². The van der Waals surface area contributed by atoms with Crippen molar-refractivity contribution in [2.75, 3.05) is 13.1 Å². The second kappa shape index (κ2) is 4.85. The van der Waals surface area contributed by atoms with E-state index >= 15 is 0 Å². The van der Waals surface area contributed by atoms with E-state index in [2.05, 4.69) is 10.1 Å². The van der Waals surface area contributed by atoms with Crippen LogP contribution in [0.2, 0.25) is 0 Å². The molecule has 1 aromatic carbocycles. The van der Waals surface area contributed by atoms with Crippen molar-refractivity contribution in [1.29, 1.82) is 0 Å². The minimum Gasteiger partial charge on any atom is -0.339 e. The molecule has 112 valence electrons. The van der Waals surface area contributed by atoms with Crippen molar-refractivity contribution in [3.05, 3.63) is 41.5 Å². The third-order valence-corrected chi connectivity index (χ3v) is 5.12. The van der Waals surface area contributed by atoms with Crippen LogP contribution in [0.5, 0.6) is 0 Å². The maximum atomic E-state index is 13.6.